The number of nitrogens with zero attached hydrogens (tertiary/aromatic N) is 2. The fourth-order valence-corrected chi connectivity index (χ4v) is 6.16. The zero-order chi connectivity index (χ0) is 27.8. The molecule has 0 bridgehead atoms. The Kier molecular flexibility index (Phi) is 6.96. The Hall–Kier alpha value is -4.26. The molecule has 0 atom stereocenters. The summed E-state index contributed by atoms with van der Waals surface area (Å²) in [6, 6.07) is 17.2. The van der Waals surface area contributed by atoms with Gasteiger partial charge >= 0.3 is 5.97 Å². The van der Waals surface area contributed by atoms with Gasteiger partial charge in [-0.3, -0.25) is 9.59 Å². The predicted molar refractivity (Wildman–Crippen MR) is 154 cm³/mol. The maximum atomic E-state index is 13.6. The fourth-order valence-electron chi connectivity index (χ4n) is 6.16. The van der Waals surface area contributed by atoms with Crippen molar-refractivity contribution in [2.45, 2.75) is 58.9 Å². The molecule has 1 saturated carbocycles. The molecule has 1 fully saturated rings. The monoisotopic (exact) mass is 536 g/mol. The molecule has 0 saturated heterocycles. The molecule has 4 aromatic rings. The van der Waals surface area contributed by atoms with Gasteiger partial charge in [0.05, 0.1) is 23.1 Å². The van der Waals surface area contributed by atoms with Crippen molar-refractivity contribution in [1.82, 2.24) is 4.57 Å². The largest absolute Gasteiger partial charge is 0.492 e. The lowest BCUT2D eigenvalue weighted by molar-refractivity contribution is -0.140. The van der Waals surface area contributed by atoms with Gasteiger partial charge in [0.25, 0.3) is 0 Å². The number of ketones is 2. The fraction of sp³-hybridized carbons (Fsp3) is 0.333. The molecule has 204 valence electrons. The molecule has 3 aromatic carbocycles. The number of fused-ring (bicyclic) bond motifs is 5. The Bertz CT molecular complexity index is 1690. The van der Waals surface area contributed by atoms with Crippen molar-refractivity contribution in [2.24, 2.45) is 11.1 Å². The highest BCUT2D eigenvalue weighted by Crippen LogP contribution is 2.41. The second-order valence-corrected chi connectivity index (χ2v) is 10.9. The standard InChI is InChI=1S/C33H32N2O5/c1-20-8-6-7-11-24(20)31(37)23-12-14-28-26(18-23)30-29(35(28)19-22-9-4-3-5-10-22)15-13-25-32(38)27(34-40-21(2)36)16-17-39-33(25)30/h6-8,11-15,18,22H,3-5,9-10,16-17,19H2,1-2H3/b34-27+. The Labute approximate surface area is 232 Å². The van der Waals surface area contributed by atoms with Crippen LogP contribution in [0, 0.1) is 12.8 Å². The van der Waals surface area contributed by atoms with E-state index < -0.39 is 5.97 Å². The van der Waals surface area contributed by atoms with Gasteiger partial charge in [-0.15, -0.1) is 0 Å². The van der Waals surface area contributed by atoms with Crippen LogP contribution in [0.25, 0.3) is 21.8 Å². The Balaban J connectivity index is 1.54. The predicted octanol–water partition coefficient (Wildman–Crippen LogP) is 6.80. The summed E-state index contributed by atoms with van der Waals surface area (Å²) in [5.41, 5.74) is 4.71. The topological polar surface area (TPSA) is 87.0 Å². The first-order valence-corrected chi connectivity index (χ1v) is 14.0. The SMILES string of the molecule is CC(=O)O/N=C1\CCOc2c(ccc3c2c2cc(C(=O)c4ccccc4C)ccc2n3CC2CCCCC2)C1=O. The maximum Gasteiger partial charge on any atom is 0.331 e. The van der Waals surface area contributed by atoms with Crippen LogP contribution in [0.3, 0.4) is 0 Å². The van der Waals surface area contributed by atoms with Gasteiger partial charge < -0.3 is 14.1 Å². The Morgan fingerprint density at radius 3 is 2.58 bits per heavy atom. The molecule has 1 aromatic heterocycles. The summed E-state index contributed by atoms with van der Waals surface area (Å²) in [6.45, 7) is 4.28. The summed E-state index contributed by atoms with van der Waals surface area (Å²) in [5.74, 6) is 0.116. The molecular weight excluding hydrogens is 504 g/mol. The molecule has 1 aliphatic carbocycles. The van der Waals surface area contributed by atoms with Gasteiger partial charge in [-0.1, -0.05) is 48.7 Å². The average Bonchev–Trinajstić information content (AvgIpc) is 3.17. The summed E-state index contributed by atoms with van der Waals surface area (Å²) < 4.78 is 8.57. The van der Waals surface area contributed by atoms with Crippen molar-refractivity contribution in [2.75, 3.05) is 6.61 Å². The van der Waals surface area contributed by atoms with Crippen molar-refractivity contribution in [1.29, 1.82) is 0 Å². The lowest BCUT2D eigenvalue weighted by Crippen LogP contribution is -2.15. The van der Waals surface area contributed by atoms with Gasteiger partial charge in [0.2, 0.25) is 5.78 Å². The molecule has 6 rings (SSSR count). The van der Waals surface area contributed by atoms with E-state index in [1.165, 1.54) is 39.0 Å². The number of benzene rings is 3. The van der Waals surface area contributed by atoms with E-state index in [-0.39, 0.29) is 30.3 Å². The van der Waals surface area contributed by atoms with E-state index in [1.54, 1.807) is 6.07 Å². The van der Waals surface area contributed by atoms with E-state index >= 15 is 0 Å². The number of aromatic nitrogens is 1. The van der Waals surface area contributed by atoms with Crippen molar-refractivity contribution >= 4 is 45.1 Å². The first kappa shape index (κ1) is 26.0. The van der Waals surface area contributed by atoms with Gasteiger partial charge in [0.15, 0.2) is 5.78 Å². The molecular formula is C33H32N2O5. The molecule has 0 radical (unpaired) electrons. The lowest BCUT2D eigenvalue weighted by Gasteiger charge is -2.23. The van der Waals surface area contributed by atoms with Crippen LogP contribution in [0.5, 0.6) is 5.75 Å². The van der Waals surface area contributed by atoms with Gasteiger partial charge in [-0.2, -0.15) is 0 Å². The second-order valence-electron chi connectivity index (χ2n) is 10.9. The zero-order valence-corrected chi connectivity index (χ0v) is 22.9. The number of hydrogen-bond donors (Lipinski definition) is 0. The van der Waals surface area contributed by atoms with Crippen LogP contribution in [0.1, 0.15) is 77.3 Å². The number of hydrogen-bond acceptors (Lipinski definition) is 6. The Morgan fingerprint density at radius 2 is 1.80 bits per heavy atom. The highest BCUT2D eigenvalue weighted by molar-refractivity contribution is 6.47. The van der Waals surface area contributed by atoms with Crippen molar-refractivity contribution in [3.05, 3.63) is 76.9 Å². The second kappa shape index (κ2) is 10.7. The minimum absolute atomic E-state index is 0.0389. The van der Waals surface area contributed by atoms with Gasteiger partial charge in [0, 0.05) is 41.9 Å². The van der Waals surface area contributed by atoms with Crippen LogP contribution in [0.15, 0.2) is 59.8 Å². The molecule has 0 amide bonds. The number of ether oxygens (including phenoxy) is 1. The minimum atomic E-state index is -0.585. The van der Waals surface area contributed by atoms with E-state index in [1.807, 2.05) is 55.5 Å². The van der Waals surface area contributed by atoms with Crippen LogP contribution >= 0.6 is 0 Å². The lowest BCUT2D eigenvalue weighted by atomic mass is 9.89. The number of oxime groups is 1. The highest BCUT2D eigenvalue weighted by atomic mass is 16.7. The number of Topliss-reactive ketones (excluding diaryl/α,β-unsaturated/α-hetero) is 1. The third-order valence-corrected chi connectivity index (χ3v) is 8.18. The molecule has 0 N–H and O–H groups in total. The smallest absolute Gasteiger partial charge is 0.331 e. The minimum Gasteiger partial charge on any atom is -0.492 e. The van der Waals surface area contributed by atoms with E-state index in [4.69, 9.17) is 9.57 Å². The molecule has 1 aliphatic heterocycles. The van der Waals surface area contributed by atoms with Crippen molar-refractivity contribution in [3.8, 4) is 5.75 Å². The molecule has 7 nitrogen and oxygen atoms in total. The molecule has 2 aliphatic rings. The number of rotatable bonds is 5. The van der Waals surface area contributed by atoms with Crippen LogP contribution in [-0.2, 0) is 16.2 Å². The summed E-state index contributed by atoms with van der Waals surface area (Å²) >= 11 is 0. The van der Waals surface area contributed by atoms with Crippen LogP contribution in [0.2, 0.25) is 0 Å². The van der Waals surface area contributed by atoms with Crippen LogP contribution in [-0.4, -0.2) is 34.4 Å². The summed E-state index contributed by atoms with van der Waals surface area (Å²) in [6.07, 6.45) is 6.39. The quantitative estimate of drug-likeness (QED) is 0.159. The van der Waals surface area contributed by atoms with Crippen LogP contribution in [0.4, 0.5) is 0 Å². The van der Waals surface area contributed by atoms with Gasteiger partial charge in [0.1, 0.15) is 11.5 Å². The van der Waals surface area contributed by atoms with E-state index in [2.05, 4.69) is 9.72 Å². The number of carbonyl (C=O) groups excluding carboxylic acids is 3. The molecule has 2 heterocycles. The van der Waals surface area contributed by atoms with E-state index in [0.717, 1.165) is 33.9 Å². The molecule has 40 heavy (non-hydrogen) atoms. The van der Waals surface area contributed by atoms with E-state index in [0.29, 0.717) is 28.4 Å². The first-order chi connectivity index (χ1) is 19.4. The average molecular weight is 537 g/mol. The first-order valence-electron chi connectivity index (χ1n) is 14.0. The molecule has 7 heteroatoms. The summed E-state index contributed by atoms with van der Waals surface area (Å²) in [7, 11) is 0. The Morgan fingerprint density at radius 1 is 1.02 bits per heavy atom. The van der Waals surface area contributed by atoms with Gasteiger partial charge in [-0.05, 0) is 61.6 Å². The normalized spacial score (nSPS) is 17.1. The summed E-state index contributed by atoms with van der Waals surface area (Å²) in [5, 5.41) is 5.52. The van der Waals surface area contributed by atoms with Crippen molar-refractivity contribution < 1.29 is 24.0 Å². The highest BCUT2D eigenvalue weighted by Gasteiger charge is 2.29. The van der Waals surface area contributed by atoms with Crippen LogP contribution < -0.4 is 4.74 Å². The molecule has 0 unspecified atom stereocenters. The van der Waals surface area contributed by atoms with Gasteiger partial charge in [-0.25, -0.2) is 4.79 Å². The zero-order valence-electron chi connectivity index (χ0n) is 22.9. The third-order valence-electron chi connectivity index (χ3n) is 8.18. The number of aryl methyl sites for hydroxylation is 1. The summed E-state index contributed by atoms with van der Waals surface area (Å²) in [4.78, 5) is 43.2. The third kappa shape index (κ3) is 4.70. The number of carbonyl (C=O) groups is 3. The van der Waals surface area contributed by atoms with E-state index in [9.17, 15) is 14.4 Å². The van der Waals surface area contributed by atoms with Crippen molar-refractivity contribution in [3.63, 3.8) is 0 Å². The maximum absolute atomic E-state index is 13.6. The molecule has 0 spiro atoms.